The normalized spacial score (nSPS) is 11.7. The second-order valence-electron chi connectivity index (χ2n) is 7.49. The number of anilines is 3. The van der Waals surface area contributed by atoms with E-state index in [2.05, 4.69) is 30.9 Å². The van der Waals surface area contributed by atoms with Crippen LogP contribution in [0.1, 0.15) is 6.92 Å². The van der Waals surface area contributed by atoms with Crippen molar-refractivity contribution in [2.24, 2.45) is 0 Å². The molecule has 2 aromatic heterocycles. The SMILES string of the molecule is CC(O)CNc1nccc(-n2ccnc2-c2ccc(NC(=O)Nc3cc(Cl)c(Cl)cc3Cl)cc2)n1. The largest absolute Gasteiger partial charge is 0.392 e. The van der Waals surface area contributed by atoms with Crippen LogP contribution in [-0.4, -0.2) is 43.3 Å². The molecule has 0 aliphatic carbocycles. The summed E-state index contributed by atoms with van der Waals surface area (Å²) in [5, 5.41) is 18.7. The van der Waals surface area contributed by atoms with Gasteiger partial charge in [-0.25, -0.2) is 14.8 Å². The van der Waals surface area contributed by atoms with Gasteiger partial charge in [0.15, 0.2) is 0 Å². The number of aliphatic hydroxyl groups is 1. The van der Waals surface area contributed by atoms with Crippen LogP contribution in [0.4, 0.5) is 22.1 Å². The molecule has 12 heteroatoms. The molecule has 0 aliphatic rings. The number of nitrogens with one attached hydrogen (secondary N) is 3. The van der Waals surface area contributed by atoms with Crippen molar-refractivity contribution in [1.82, 2.24) is 19.5 Å². The molecule has 0 spiro atoms. The zero-order valence-corrected chi connectivity index (χ0v) is 20.6. The summed E-state index contributed by atoms with van der Waals surface area (Å²) >= 11 is 18.0. The van der Waals surface area contributed by atoms with Crippen molar-refractivity contribution in [3.8, 4) is 17.2 Å². The minimum absolute atomic E-state index is 0.269. The maximum Gasteiger partial charge on any atom is 0.323 e. The van der Waals surface area contributed by atoms with Crippen LogP contribution in [0.25, 0.3) is 17.2 Å². The number of carbonyl (C=O) groups is 1. The van der Waals surface area contributed by atoms with E-state index in [4.69, 9.17) is 34.8 Å². The molecule has 2 heterocycles. The van der Waals surface area contributed by atoms with Gasteiger partial charge in [0.2, 0.25) is 5.95 Å². The highest BCUT2D eigenvalue weighted by molar-refractivity contribution is 6.44. The first-order valence-corrected chi connectivity index (χ1v) is 11.5. The van der Waals surface area contributed by atoms with Gasteiger partial charge in [0.1, 0.15) is 11.6 Å². The van der Waals surface area contributed by atoms with E-state index in [1.807, 2.05) is 16.7 Å². The number of hydrogen-bond donors (Lipinski definition) is 4. The van der Waals surface area contributed by atoms with E-state index in [-0.39, 0.29) is 10.0 Å². The Kier molecular flexibility index (Phi) is 7.72. The summed E-state index contributed by atoms with van der Waals surface area (Å²) in [7, 11) is 0. The zero-order chi connectivity index (χ0) is 24.9. The number of rotatable bonds is 7. The smallest absolute Gasteiger partial charge is 0.323 e. The maximum absolute atomic E-state index is 12.4. The van der Waals surface area contributed by atoms with Gasteiger partial charge in [0.25, 0.3) is 0 Å². The number of halogens is 3. The average Bonchev–Trinajstić information content (AvgIpc) is 3.32. The second-order valence-corrected chi connectivity index (χ2v) is 8.71. The van der Waals surface area contributed by atoms with Gasteiger partial charge in [-0.05, 0) is 49.4 Å². The Hall–Kier alpha value is -3.37. The molecule has 0 aliphatic heterocycles. The van der Waals surface area contributed by atoms with Crippen molar-refractivity contribution in [2.75, 3.05) is 22.5 Å². The van der Waals surface area contributed by atoms with E-state index in [9.17, 15) is 9.90 Å². The van der Waals surface area contributed by atoms with Crippen LogP contribution in [0.15, 0.2) is 61.1 Å². The van der Waals surface area contributed by atoms with E-state index in [0.717, 1.165) is 5.56 Å². The summed E-state index contributed by atoms with van der Waals surface area (Å²) in [5.74, 6) is 1.67. The van der Waals surface area contributed by atoms with Crippen LogP contribution in [0, 0.1) is 0 Å². The minimum Gasteiger partial charge on any atom is -0.392 e. The van der Waals surface area contributed by atoms with Gasteiger partial charge in [-0.15, -0.1) is 0 Å². The Bertz CT molecular complexity index is 1340. The Labute approximate surface area is 216 Å². The van der Waals surface area contributed by atoms with E-state index in [0.29, 0.717) is 40.5 Å². The van der Waals surface area contributed by atoms with Crippen molar-refractivity contribution >= 4 is 58.2 Å². The highest BCUT2D eigenvalue weighted by atomic mass is 35.5. The van der Waals surface area contributed by atoms with Gasteiger partial charge in [0, 0.05) is 36.4 Å². The molecule has 180 valence electrons. The van der Waals surface area contributed by atoms with Crippen LogP contribution in [0.2, 0.25) is 15.1 Å². The number of hydrogen-bond acceptors (Lipinski definition) is 6. The van der Waals surface area contributed by atoms with Gasteiger partial charge in [-0.2, -0.15) is 4.98 Å². The third-order valence-corrected chi connectivity index (χ3v) is 5.78. The molecular formula is C23H20Cl3N7O2. The number of aromatic nitrogens is 4. The topological polar surface area (TPSA) is 117 Å². The van der Waals surface area contributed by atoms with Crippen molar-refractivity contribution < 1.29 is 9.90 Å². The summed E-state index contributed by atoms with van der Waals surface area (Å²) in [6.45, 7) is 2.01. The highest BCUT2D eigenvalue weighted by Crippen LogP contribution is 2.32. The molecule has 0 radical (unpaired) electrons. The minimum atomic E-state index is -0.527. The lowest BCUT2D eigenvalue weighted by Crippen LogP contribution is -2.19. The van der Waals surface area contributed by atoms with E-state index in [1.165, 1.54) is 12.1 Å². The molecule has 1 atom stereocenters. The average molecular weight is 533 g/mol. The first-order chi connectivity index (χ1) is 16.8. The molecule has 0 bridgehead atoms. The molecule has 0 saturated heterocycles. The number of urea groups is 1. The number of nitrogens with zero attached hydrogens (tertiary/aromatic N) is 4. The van der Waals surface area contributed by atoms with Gasteiger partial charge in [-0.1, -0.05) is 34.8 Å². The third-order valence-electron chi connectivity index (χ3n) is 4.74. The lowest BCUT2D eigenvalue weighted by Gasteiger charge is -2.12. The molecule has 4 N–H and O–H groups in total. The number of carbonyl (C=O) groups excluding carboxylic acids is 1. The van der Waals surface area contributed by atoms with Gasteiger partial charge in [-0.3, -0.25) is 4.57 Å². The number of aliphatic hydroxyl groups excluding tert-OH is 1. The molecule has 2 amide bonds. The standard InChI is InChI=1S/C23H20Cl3N7O2/c1-13(34)12-29-22-28-7-6-20(32-22)33-9-8-27-21(33)14-2-4-15(5-3-14)30-23(35)31-19-11-17(25)16(24)10-18(19)26/h2-11,13,34H,12H2,1H3,(H,28,29,32)(H2,30,31,35). The molecule has 2 aromatic carbocycles. The van der Waals surface area contributed by atoms with Gasteiger partial charge in [0.05, 0.1) is 26.9 Å². The zero-order valence-electron chi connectivity index (χ0n) is 18.3. The number of benzene rings is 2. The summed E-state index contributed by atoms with van der Waals surface area (Å²) < 4.78 is 1.82. The molecule has 1 unspecified atom stereocenters. The Balaban J connectivity index is 1.47. The van der Waals surface area contributed by atoms with Crippen LogP contribution >= 0.6 is 34.8 Å². The Morgan fingerprint density at radius 3 is 2.49 bits per heavy atom. The van der Waals surface area contributed by atoms with E-state index >= 15 is 0 Å². The van der Waals surface area contributed by atoms with E-state index in [1.54, 1.807) is 43.7 Å². The maximum atomic E-state index is 12.4. The molecule has 4 rings (SSSR count). The molecule has 4 aromatic rings. The van der Waals surface area contributed by atoms with Crippen LogP contribution in [0.3, 0.4) is 0 Å². The van der Waals surface area contributed by atoms with Crippen LogP contribution in [0.5, 0.6) is 0 Å². The Morgan fingerprint density at radius 1 is 1.00 bits per heavy atom. The first-order valence-electron chi connectivity index (χ1n) is 10.4. The van der Waals surface area contributed by atoms with E-state index < -0.39 is 12.1 Å². The third kappa shape index (κ3) is 6.20. The molecule has 35 heavy (non-hydrogen) atoms. The summed E-state index contributed by atoms with van der Waals surface area (Å²) in [4.78, 5) is 25.5. The van der Waals surface area contributed by atoms with Crippen molar-refractivity contribution in [3.63, 3.8) is 0 Å². The lowest BCUT2D eigenvalue weighted by atomic mass is 10.2. The van der Waals surface area contributed by atoms with Gasteiger partial charge >= 0.3 is 6.03 Å². The molecule has 9 nitrogen and oxygen atoms in total. The first kappa shape index (κ1) is 24.7. The predicted octanol–water partition coefficient (Wildman–Crippen LogP) is 5.73. The molecule has 0 fully saturated rings. The van der Waals surface area contributed by atoms with Crippen LogP contribution < -0.4 is 16.0 Å². The Morgan fingerprint density at radius 2 is 1.74 bits per heavy atom. The molecular weight excluding hydrogens is 513 g/mol. The van der Waals surface area contributed by atoms with Gasteiger partial charge < -0.3 is 21.1 Å². The summed E-state index contributed by atoms with van der Waals surface area (Å²) in [6.07, 6.45) is 4.56. The highest BCUT2D eigenvalue weighted by Gasteiger charge is 2.12. The second kappa shape index (κ2) is 10.9. The number of amides is 2. The number of imidazole rings is 1. The van der Waals surface area contributed by atoms with Crippen LogP contribution in [-0.2, 0) is 0 Å². The monoisotopic (exact) mass is 531 g/mol. The fourth-order valence-corrected chi connectivity index (χ4v) is 3.71. The van der Waals surface area contributed by atoms with Crippen molar-refractivity contribution in [2.45, 2.75) is 13.0 Å². The lowest BCUT2D eigenvalue weighted by molar-refractivity contribution is 0.208. The van der Waals surface area contributed by atoms with Crippen molar-refractivity contribution in [1.29, 1.82) is 0 Å². The molecule has 0 saturated carbocycles. The fourth-order valence-electron chi connectivity index (χ4n) is 3.12. The fraction of sp³-hybridized carbons (Fsp3) is 0.130. The quantitative estimate of drug-likeness (QED) is 0.226. The van der Waals surface area contributed by atoms with Crippen molar-refractivity contribution in [3.05, 3.63) is 76.1 Å². The summed E-state index contributed by atoms with van der Waals surface area (Å²) in [5.41, 5.74) is 1.71. The summed E-state index contributed by atoms with van der Waals surface area (Å²) in [6, 6.07) is 11.4. The predicted molar refractivity (Wildman–Crippen MR) is 139 cm³/mol.